The monoisotopic (exact) mass is 248 g/mol. The van der Waals surface area contributed by atoms with Crippen LogP contribution in [-0.2, 0) is 13.6 Å². The van der Waals surface area contributed by atoms with Crippen LogP contribution in [0.3, 0.4) is 0 Å². The highest BCUT2D eigenvalue weighted by atomic mass is 19.1. The van der Waals surface area contributed by atoms with E-state index in [1.54, 1.807) is 16.8 Å². The van der Waals surface area contributed by atoms with E-state index in [0.29, 0.717) is 12.4 Å². The lowest BCUT2D eigenvalue weighted by atomic mass is 10.2. The van der Waals surface area contributed by atoms with E-state index < -0.39 is 0 Å². The molecular weight excluding hydrogens is 231 g/mol. The van der Waals surface area contributed by atoms with E-state index in [1.807, 2.05) is 25.9 Å². The first-order valence-electron chi connectivity index (χ1n) is 5.73. The van der Waals surface area contributed by atoms with Gasteiger partial charge in [0.25, 0.3) is 0 Å². The first-order chi connectivity index (χ1) is 8.49. The average Bonchev–Trinajstić information content (AvgIpc) is 2.57. The summed E-state index contributed by atoms with van der Waals surface area (Å²) in [7, 11) is 3.77. The van der Waals surface area contributed by atoms with E-state index in [9.17, 15) is 4.39 Å². The minimum atomic E-state index is -0.232. The van der Waals surface area contributed by atoms with Crippen molar-refractivity contribution in [1.29, 1.82) is 0 Å². The molecule has 0 bridgehead atoms. The average molecular weight is 248 g/mol. The third-order valence-corrected chi connectivity index (χ3v) is 3.06. The van der Waals surface area contributed by atoms with Crippen molar-refractivity contribution in [3.05, 3.63) is 41.3 Å². The smallest absolute Gasteiger partial charge is 0.126 e. The molecule has 0 atom stereocenters. The van der Waals surface area contributed by atoms with Crippen molar-refractivity contribution in [2.75, 3.05) is 17.7 Å². The van der Waals surface area contributed by atoms with Gasteiger partial charge in [-0.2, -0.15) is 5.10 Å². The summed E-state index contributed by atoms with van der Waals surface area (Å²) < 4.78 is 14.5. The molecule has 2 aromatic rings. The molecule has 0 fully saturated rings. The Kier molecular flexibility index (Phi) is 3.23. The third kappa shape index (κ3) is 2.30. The zero-order valence-electron chi connectivity index (χ0n) is 10.8. The van der Waals surface area contributed by atoms with Gasteiger partial charge in [-0.15, -0.1) is 0 Å². The molecule has 0 amide bonds. The predicted molar refractivity (Wildman–Crippen MR) is 70.9 cm³/mol. The van der Waals surface area contributed by atoms with E-state index in [0.717, 1.165) is 16.9 Å². The van der Waals surface area contributed by atoms with Crippen LogP contribution in [0.25, 0.3) is 0 Å². The van der Waals surface area contributed by atoms with Gasteiger partial charge < -0.3 is 10.6 Å². The second kappa shape index (κ2) is 4.68. The summed E-state index contributed by atoms with van der Waals surface area (Å²) in [5.74, 6) is 0.436. The molecule has 0 unspecified atom stereocenters. The summed E-state index contributed by atoms with van der Waals surface area (Å²) in [4.78, 5) is 2.01. The second-order valence-electron chi connectivity index (χ2n) is 4.41. The lowest BCUT2D eigenvalue weighted by molar-refractivity contribution is 0.627. The fourth-order valence-corrected chi connectivity index (χ4v) is 1.94. The molecule has 96 valence electrons. The van der Waals surface area contributed by atoms with Gasteiger partial charge in [0.15, 0.2) is 0 Å². The van der Waals surface area contributed by atoms with Crippen molar-refractivity contribution in [2.24, 2.45) is 7.05 Å². The van der Waals surface area contributed by atoms with Gasteiger partial charge in [-0.05, 0) is 31.2 Å². The maximum atomic E-state index is 12.9. The first-order valence-corrected chi connectivity index (χ1v) is 5.73. The lowest BCUT2D eigenvalue weighted by Gasteiger charge is -2.19. The Labute approximate surface area is 106 Å². The Morgan fingerprint density at radius 1 is 1.33 bits per heavy atom. The van der Waals surface area contributed by atoms with E-state index in [2.05, 4.69) is 5.10 Å². The number of rotatable bonds is 3. The Morgan fingerprint density at radius 3 is 2.44 bits per heavy atom. The maximum Gasteiger partial charge on any atom is 0.126 e. The number of aryl methyl sites for hydroxylation is 2. The van der Waals surface area contributed by atoms with Crippen LogP contribution < -0.4 is 10.6 Å². The van der Waals surface area contributed by atoms with Crippen LogP contribution in [0.5, 0.6) is 0 Å². The Bertz CT molecular complexity index is 545. The number of nitrogens with two attached hydrogens (primary N) is 1. The fraction of sp³-hybridized carbons (Fsp3) is 0.308. The molecule has 5 heteroatoms. The molecule has 2 N–H and O–H groups in total. The molecule has 1 aromatic carbocycles. The van der Waals surface area contributed by atoms with Gasteiger partial charge in [0.1, 0.15) is 11.6 Å². The van der Waals surface area contributed by atoms with Crippen molar-refractivity contribution in [3.63, 3.8) is 0 Å². The van der Waals surface area contributed by atoms with E-state index in [-0.39, 0.29) is 5.82 Å². The van der Waals surface area contributed by atoms with Crippen molar-refractivity contribution in [1.82, 2.24) is 9.78 Å². The predicted octanol–water partition coefficient (Wildman–Crippen LogP) is 2.09. The molecular formula is C13H17FN4. The number of benzene rings is 1. The van der Waals surface area contributed by atoms with Crippen LogP contribution in [0.2, 0.25) is 0 Å². The van der Waals surface area contributed by atoms with Gasteiger partial charge in [-0.25, -0.2) is 4.39 Å². The van der Waals surface area contributed by atoms with E-state index in [4.69, 9.17) is 5.73 Å². The van der Waals surface area contributed by atoms with Crippen LogP contribution in [0, 0.1) is 12.7 Å². The molecule has 18 heavy (non-hydrogen) atoms. The van der Waals surface area contributed by atoms with Crippen molar-refractivity contribution < 1.29 is 4.39 Å². The standard InChI is InChI=1S/C13H17FN4/c1-9-12(13(15)18(3)16-9)8-17(2)11-6-4-10(14)5-7-11/h4-7H,8,15H2,1-3H3. The van der Waals surface area contributed by atoms with Crippen LogP contribution >= 0.6 is 0 Å². The molecule has 0 saturated carbocycles. The fourth-order valence-electron chi connectivity index (χ4n) is 1.94. The van der Waals surface area contributed by atoms with Gasteiger partial charge in [0.2, 0.25) is 0 Å². The Balaban J connectivity index is 2.21. The van der Waals surface area contributed by atoms with Gasteiger partial charge >= 0.3 is 0 Å². The molecule has 4 nitrogen and oxygen atoms in total. The topological polar surface area (TPSA) is 47.1 Å². The maximum absolute atomic E-state index is 12.9. The molecule has 0 saturated heterocycles. The summed E-state index contributed by atoms with van der Waals surface area (Å²) >= 11 is 0. The molecule has 0 aliphatic heterocycles. The molecule has 0 aliphatic rings. The molecule has 0 radical (unpaired) electrons. The number of nitrogens with zero attached hydrogens (tertiary/aromatic N) is 3. The van der Waals surface area contributed by atoms with E-state index >= 15 is 0 Å². The van der Waals surface area contributed by atoms with Gasteiger partial charge in [-0.3, -0.25) is 4.68 Å². The summed E-state index contributed by atoms with van der Waals surface area (Å²) in [5, 5.41) is 4.28. The molecule has 1 aromatic heterocycles. The third-order valence-electron chi connectivity index (χ3n) is 3.06. The number of nitrogen functional groups attached to an aromatic ring is 1. The van der Waals surface area contributed by atoms with Gasteiger partial charge in [-0.1, -0.05) is 0 Å². The van der Waals surface area contributed by atoms with Crippen molar-refractivity contribution >= 4 is 11.5 Å². The number of anilines is 2. The second-order valence-corrected chi connectivity index (χ2v) is 4.41. The summed E-state index contributed by atoms with van der Waals surface area (Å²) in [6.45, 7) is 2.58. The van der Waals surface area contributed by atoms with Gasteiger partial charge in [0.05, 0.1) is 5.69 Å². The highest BCUT2D eigenvalue weighted by Gasteiger charge is 2.12. The zero-order valence-corrected chi connectivity index (χ0v) is 10.8. The Morgan fingerprint density at radius 2 is 1.94 bits per heavy atom. The first kappa shape index (κ1) is 12.4. The molecule has 0 spiro atoms. The summed E-state index contributed by atoms with van der Waals surface area (Å²) in [5.41, 5.74) is 8.84. The minimum absolute atomic E-state index is 0.232. The molecule has 0 aliphatic carbocycles. The quantitative estimate of drug-likeness (QED) is 0.904. The SMILES string of the molecule is Cc1nn(C)c(N)c1CN(C)c1ccc(F)cc1. The van der Waals surface area contributed by atoms with Crippen LogP contribution in [0.4, 0.5) is 15.9 Å². The lowest BCUT2D eigenvalue weighted by Crippen LogP contribution is -2.17. The number of aromatic nitrogens is 2. The number of hydrogen-bond acceptors (Lipinski definition) is 3. The minimum Gasteiger partial charge on any atom is -0.384 e. The summed E-state index contributed by atoms with van der Waals surface area (Å²) in [6.07, 6.45) is 0. The number of hydrogen-bond donors (Lipinski definition) is 1. The molecule has 2 rings (SSSR count). The van der Waals surface area contributed by atoms with Crippen molar-refractivity contribution in [2.45, 2.75) is 13.5 Å². The Hall–Kier alpha value is -2.04. The largest absolute Gasteiger partial charge is 0.384 e. The van der Waals surface area contributed by atoms with Crippen LogP contribution in [0.1, 0.15) is 11.3 Å². The molecule has 1 heterocycles. The number of halogens is 1. The summed E-state index contributed by atoms with van der Waals surface area (Å²) in [6, 6.07) is 6.39. The highest BCUT2D eigenvalue weighted by Crippen LogP contribution is 2.21. The van der Waals surface area contributed by atoms with Crippen molar-refractivity contribution in [3.8, 4) is 0 Å². The highest BCUT2D eigenvalue weighted by molar-refractivity contribution is 5.50. The van der Waals surface area contributed by atoms with Gasteiger partial charge in [0, 0.05) is 31.9 Å². The van der Waals surface area contributed by atoms with Crippen LogP contribution in [-0.4, -0.2) is 16.8 Å². The van der Waals surface area contributed by atoms with Crippen LogP contribution in [0.15, 0.2) is 24.3 Å². The van der Waals surface area contributed by atoms with E-state index in [1.165, 1.54) is 12.1 Å². The normalized spacial score (nSPS) is 10.7. The zero-order chi connectivity index (χ0) is 13.3.